The molecule has 0 rings (SSSR count). The first-order valence-electron chi connectivity index (χ1n) is 8.57. The van der Waals surface area contributed by atoms with Crippen LogP contribution in [-0.4, -0.2) is 64.5 Å². The van der Waals surface area contributed by atoms with Crippen molar-refractivity contribution in [3.05, 3.63) is 0 Å². The minimum absolute atomic E-state index is 0.142. The molecule has 7 N–H and O–H groups in total. The summed E-state index contributed by atoms with van der Waals surface area (Å²) in [5.41, 5.74) is 5.80. The van der Waals surface area contributed by atoms with Gasteiger partial charge in [0.15, 0.2) is 0 Å². The van der Waals surface area contributed by atoms with Gasteiger partial charge in [-0.25, -0.2) is 0 Å². The fourth-order valence-electron chi connectivity index (χ4n) is 1.96. The second-order valence-electron chi connectivity index (χ2n) is 6.25. The molecule has 0 saturated heterocycles. The predicted octanol–water partition coefficient (Wildman–Crippen LogP) is -1.59. The van der Waals surface area contributed by atoms with E-state index in [1.165, 1.54) is 6.92 Å². The summed E-state index contributed by atoms with van der Waals surface area (Å²) in [4.78, 5) is 57.4. The number of aliphatic carboxylic acids is 2. The molecule has 0 spiro atoms. The number of amides is 3. The van der Waals surface area contributed by atoms with Crippen molar-refractivity contribution in [2.75, 3.05) is 6.54 Å². The number of rotatable bonds is 12. The number of hydrogen-bond acceptors (Lipinski definition) is 6. The second kappa shape index (κ2) is 11.8. The van der Waals surface area contributed by atoms with Crippen LogP contribution in [0.5, 0.6) is 0 Å². The molecule has 0 saturated carbocycles. The molecular formula is C16H28N4O7. The highest BCUT2D eigenvalue weighted by atomic mass is 16.4. The maximum atomic E-state index is 12.2. The summed E-state index contributed by atoms with van der Waals surface area (Å²) in [7, 11) is 0. The topological polar surface area (TPSA) is 188 Å². The highest BCUT2D eigenvalue weighted by Crippen LogP contribution is 2.07. The third-order valence-electron chi connectivity index (χ3n) is 4.01. The van der Waals surface area contributed by atoms with Crippen molar-refractivity contribution in [1.29, 1.82) is 0 Å². The van der Waals surface area contributed by atoms with Crippen molar-refractivity contribution >= 4 is 29.7 Å². The van der Waals surface area contributed by atoms with Gasteiger partial charge in [-0.1, -0.05) is 20.3 Å². The summed E-state index contributed by atoms with van der Waals surface area (Å²) >= 11 is 0. The summed E-state index contributed by atoms with van der Waals surface area (Å²) in [5.74, 6) is -4.63. The molecule has 11 nitrogen and oxygen atoms in total. The molecule has 0 fully saturated rings. The molecule has 0 aromatic heterocycles. The largest absolute Gasteiger partial charge is 0.481 e. The Labute approximate surface area is 157 Å². The van der Waals surface area contributed by atoms with Gasteiger partial charge in [0.25, 0.3) is 0 Å². The minimum Gasteiger partial charge on any atom is -0.481 e. The number of nitrogens with two attached hydrogens (primary N) is 1. The third kappa shape index (κ3) is 9.54. The minimum atomic E-state index is -1.24. The number of hydrogen-bond donors (Lipinski definition) is 6. The van der Waals surface area contributed by atoms with Crippen LogP contribution in [0, 0.1) is 5.92 Å². The van der Waals surface area contributed by atoms with Crippen molar-refractivity contribution in [3.63, 3.8) is 0 Å². The van der Waals surface area contributed by atoms with E-state index in [1.54, 1.807) is 6.92 Å². The Kier molecular flexibility index (Phi) is 10.7. The van der Waals surface area contributed by atoms with E-state index >= 15 is 0 Å². The lowest BCUT2D eigenvalue weighted by atomic mass is 9.98. The molecule has 27 heavy (non-hydrogen) atoms. The Morgan fingerprint density at radius 3 is 2.07 bits per heavy atom. The first kappa shape index (κ1) is 24.3. The highest BCUT2D eigenvalue weighted by molar-refractivity contribution is 5.92. The number of carbonyl (C=O) groups excluding carboxylic acids is 3. The zero-order valence-corrected chi connectivity index (χ0v) is 15.7. The summed E-state index contributed by atoms with van der Waals surface area (Å²) < 4.78 is 0. The lowest BCUT2D eigenvalue weighted by molar-refractivity contribution is -0.141. The normalized spacial score (nSPS) is 15.0. The van der Waals surface area contributed by atoms with E-state index in [0.717, 1.165) is 0 Å². The standard InChI is InChI=1S/C16H28N4O7/c1-4-8(2)13(17)15(25)20-10(5-6-12(22)23)14(24)18-7-11(21)19-9(3)16(26)27/h8-10,13H,4-7,17H2,1-3H3,(H,18,24)(H,19,21)(H,20,25)(H,22,23)(H,26,27). The first-order chi connectivity index (χ1) is 12.5. The molecule has 4 atom stereocenters. The maximum absolute atomic E-state index is 12.2. The van der Waals surface area contributed by atoms with Crippen molar-refractivity contribution < 1.29 is 34.2 Å². The van der Waals surface area contributed by atoms with E-state index in [-0.39, 0.29) is 18.8 Å². The van der Waals surface area contributed by atoms with Gasteiger partial charge in [0, 0.05) is 6.42 Å². The van der Waals surface area contributed by atoms with E-state index in [9.17, 15) is 24.0 Å². The molecule has 0 heterocycles. The second-order valence-corrected chi connectivity index (χ2v) is 6.25. The van der Waals surface area contributed by atoms with Gasteiger partial charge < -0.3 is 31.9 Å². The molecule has 0 aromatic rings. The summed E-state index contributed by atoms with van der Waals surface area (Å²) in [6.45, 7) is 4.36. The van der Waals surface area contributed by atoms with Crippen LogP contribution in [0.2, 0.25) is 0 Å². The summed E-state index contributed by atoms with van der Waals surface area (Å²) in [5, 5.41) is 24.3. The first-order valence-corrected chi connectivity index (χ1v) is 8.57. The summed E-state index contributed by atoms with van der Waals surface area (Å²) in [6.07, 6.45) is 0.0783. The van der Waals surface area contributed by atoms with Crippen molar-refractivity contribution in [1.82, 2.24) is 16.0 Å². The molecule has 3 amide bonds. The van der Waals surface area contributed by atoms with Crippen molar-refractivity contribution in [2.45, 2.75) is 58.2 Å². The van der Waals surface area contributed by atoms with Gasteiger partial charge in [0.2, 0.25) is 17.7 Å². The van der Waals surface area contributed by atoms with Crippen molar-refractivity contribution in [2.24, 2.45) is 11.7 Å². The Morgan fingerprint density at radius 1 is 1.00 bits per heavy atom. The Bertz CT molecular complexity index is 567. The maximum Gasteiger partial charge on any atom is 0.325 e. The van der Waals surface area contributed by atoms with Gasteiger partial charge in [-0.2, -0.15) is 0 Å². The molecule has 4 unspecified atom stereocenters. The van der Waals surface area contributed by atoms with Crippen molar-refractivity contribution in [3.8, 4) is 0 Å². The Hall–Kier alpha value is -2.69. The summed E-state index contributed by atoms with van der Waals surface area (Å²) in [6, 6.07) is -3.19. The smallest absolute Gasteiger partial charge is 0.325 e. The lowest BCUT2D eigenvalue weighted by Gasteiger charge is -2.22. The van der Waals surface area contributed by atoms with Gasteiger partial charge in [-0.3, -0.25) is 24.0 Å². The fraction of sp³-hybridized carbons (Fsp3) is 0.688. The monoisotopic (exact) mass is 388 g/mol. The van der Waals surface area contributed by atoms with Gasteiger partial charge in [0.1, 0.15) is 12.1 Å². The molecular weight excluding hydrogens is 360 g/mol. The van der Waals surface area contributed by atoms with Gasteiger partial charge in [-0.05, 0) is 19.3 Å². The van der Waals surface area contributed by atoms with Crippen LogP contribution in [-0.2, 0) is 24.0 Å². The highest BCUT2D eigenvalue weighted by Gasteiger charge is 2.27. The third-order valence-corrected chi connectivity index (χ3v) is 4.01. The quantitative estimate of drug-likeness (QED) is 0.231. The molecule has 154 valence electrons. The average Bonchev–Trinajstić information content (AvgIpc) is 2.60. The molecule has 0 aromatic carbocycles. The van der Waals surface area contributed by atoms with Gasteiger partial charge in [-0.15, -0.1) is 0 Å². The number of carboxylic acids is 2. The SMILES string of the molecule is CCC(C)C(N)C(=O)NC(CCC(=O)O)C(=O)NCC(=O)NC(C)C(=O)O. The molecule has 0 aliphatic rings. The Balaban J connectivity index is 4.84. The molecule has 0 aliphatic carbocycles. The molecule has 0 bridgehead atoms. The van der Waals surface area contributed by atoms with Crippen LogP contribution in [0.15, 0.2) is 0 Å². The van der Waals surface area contributed by atoms with Crippen LogP contribution < -0.4 is 21.7 Å². The van der Waals surface area contributed by atoms with Gasteiger partial charge >= 0.3 is 11.9 Å². The number of carboxylic acid groups (broad SMARTS) is 2. The number of carbonyl (C=O) groups is 5. The van der Waals surface area contributed by atoms with Crippen LogP contribution in [0.1, 0.15) is 40.0 Å². The van der Waals surface area contributed by atoms with Crippen LogP contribution in [0.3, 0.4) is 0 Å². The predicted molar refractivity (Wildman–Crippen MR) is 94.5 cm³/mol. The van der Waals surface area contributed by atoms with Gasteiger partial charge in [0.05, 0.1) is 12.6 Å². The van der Waals surface area contributed by atoms with Crippen LogP contribution in [0.25, 0.3) is 0 Å². The lowest BCUT2D eigenvalue weighted by Crippen LogP contribution is -2.54. The van der Waals surface area contributed by atoms with E-state index in [0.29, 0.717) is 6.42 Å². The number of nitrogens with one attached hydrogen (secondary N) is 3. The zero-order valence-electron chi connectivity index (χ0n) is 15.7. The Morgan fingerprint density at radius 2 is 1.59 bits per heavy atom. The van der Waals surface area contributed by atoms with E-state index in [4.69, 9.17) is 15.9 Å². The molecule has 0 radical (unpaired) electrons. The molecule has 0 aliphatic heterocycles. The van der Waals surface area contributed by atoms with E-state index in [2.05, 4.69) is 16.0 Å². The zero-order chi connectivity index (χ0) is 21.1. The fourth-order valence-corrected chi connectivity index (χ4v) is 1.96. The van der Waals surface area contributed by atoms with E-state index < -0.39 is 54.3 Å². The average molecular weight is 388 g/mol. The van der Waals surface area contributed by atoms with E-state index in [1.807, 2.05) is 6.92 Å². The van der Waals surface area contributed by atoms with Crippen LogP contribution in [0.4, 0.5) is 0 Å². The molecule has 11 heteroatoms. The van der Waals surface area contributed by atoms with Crippen LogP contribution >= 0.6 is 0 Å².